The quantitative estimate of drug-likeness (QED) is 0.422. The van der Waals surface area contributed by atoms with Crippen molar-refractivity contribution in [3.63, 3.8) is 0 Å². The lowest BCUT2D eigenvalue weighted by Gasteiger charge is -2.03. The highest BCUT2D eigenvalue weighted by atomic mass is 31.1. The minimum Gasteiger partial charge on any atom is -0.274 e. The first kappa shape index (κ1) is 9.81. The topological polar surface area (TPSA) is 60.2 Å². The van der Waals surface area contributed by atoms with Gasteiger partial charge in [0.05, 0.1) is 0 Å². The average Bonchev–Trinajstić information content (AvgIpc) is 2.15. The van der Waals surface area contributed by atoms with Crippen LogP contribution in [0.5, 0.6) is 0 Å². The Labute approximate surface area is 76.9 Å². The number of benzene rings is 1. The Balaban J connectivity index is 2.78. The molecule has 1 aromatic rings. The van der Waals surface area contributed by atoms with E-state index in [2.05, 4.69) is 0 Å². The molecule has 0 spiro atoms. The summed E-state index contributed by atoms with van der Waals surface area (Å²) in [5.74, 6) is 0. The van der Waals surface area contributed by atoms with E-state index < -0.39 is 10.6 Å². The maximum Gasteiger partial charge on any atom is 0.221 e. The fourth-order valence-corrected chi connectivity index (χ4v) is 1.51. The van der Waals surface area contributed by atoms with Gasteiger partial charge >= 0.3 is 0 Å². The second kappa shape index (κ2) is 4.67. The van der Waals surface area contributed by atoms with Gasteiger partial charge in [-0.2, -0.15) is 0 Å². The Morgan fingerprint density at radius 1 is 1.38 bits per heavy atom. The summed E-state index contributed by atoms with van der Waals surface area (Å²) in [6, 6.07) is 8.83. The summed E-state index contributed by atoms with van der Waals surface area (Å²) in [7, 11) is -0.206. The summed E-state index contributed by atoms with van der Waals surface area (Å²) in [4.78, 5) is 9.75. The van der Waals surface area contributed by atoms with Crippen LogP contribution in [0, 0.1) is 10.1 Å². The van der Waals surface area contributed by atoms with Gasteiger partial charge in [-0.05, 0) is 5.56 Å². The maximum atomic E-state index is 10.6. The van der Waals surface area contributed by atoms with Gasteiger partial charge in [0, 0.05) is 4.92 Å². The summed E-state index contributed by atoms with van der Waals surface area (Å²) >= 11 is 0. The molecule has 0 bridgehead atoms. The van der Waals surface area contributed by atoms with Crippen LogP contribution in [0.4, 0.5) is 0 Å². The maximum absolute atomic E-state index is 10.6. The van der Waals surface area contributed by atoms with Crippen LogP contribution in [0.1, 0.15) is 11.2 Å². The summed E-state index contributed by atoms with van der Waals surface area (Å²) in [6.07, 6.45) is 0. The van der Waals surface area contributed by atoms with Gasteiger partial charge in [-0.15, -0.1) is 0 Å². The molecule has 0 aromatic heterocycles. The Bertz CT molecular complexity index is 302. The van der Waals surface area contributed by atoms with Crippen molar-refractivity contribution < 1.29 is 9.49 Å². The van der Waals surface area contributed by atoms with E-state index in [0.717, 1.165) is 5.56 Å². The van der Waals surface area contributed by atoms with E-state index in [9.17, 15) is 14.7 Å². The SMILES string of the molecule is O=P[C@@H](C[N+](=O)[O-])c1ccccc1. The standard InChI is InChI=1S/C8H8NO3P/c10-9(11)6-8(13-12)7-4-2-1-3-5-7/h1-5,8H,6H2/t8-/m0/s1. The number of nitrogens with zero attached hydrogens (tertiary/aromatic N) is 1. The van der Waals surface area contributed by atoms with E-state index >= 15 is 0 Å². The van der Waals surface area contributed by atoms with Crippen LogP contribution in [0.15, 0.2) is 30.3 Å². The van der Waals surface area contributed by atoms with Gasteiger partial charge in [-0.1, -0.05) is 30.3 Å². The first-order valence-electron chi connectivity index (χ1n) is 3.73. The third kappa shape index (κ3) is 2.92. The van der Waals surface area contributed by atoms with Gasteiger partial charge in [-0.3, -0.25) is 14.7 Å². The predicted molar refractivity (Wildman–Crippen MR) is 48.7 cm³/mol. The fraction of sp³-hybridized carbons (Fsp3) is 0.250. The molecule has 5 heteroatoms. The molecule has 0 radical (unpaired) electrons. The van der Waals surface area contributed by atoms with Crippen molar-refractivity contribution in [2.75, 3.05) is 6.54 Å². The van der Waals surface area contributed by atoms with E-state index in [1.807, 2.05) is 6.07 Å². The van der Waals surface area contributed by atoms with Crippen molar-refractivity contribution in [2.24, 2.45) is 0 Å². The zero-order chi connectivity index (χ0) is 9.68. The van der Waals surface area contributed by atoms with E-state index in [0.29, 0.717) is 0 Å². The summed E-state index contributed by atoms with van der Waals surface area (Å²) in [5, 5.41) is 10.2. The average molecular weight is 197 g/mol. The molecular weight excluding hydrogens is 189 g/mol. The van der Waals surface area contributed by atoms with Gasteiger partial charge in [0.2, 0.25) is 6.54 Å². The summed E-state index contributed by atoms with van der Waals surface area (Å²) in [5.41, 5.74) is 0.201. The highest BCUT2D eigenvalue weighted by Crippen LogP contribution is 2.26. The first-order chi connectivity index (χ1) is 6.24. The molecular formula is C8H8NO3P. The smallest absolute Gasteiger partial charge is 0.221 e. The van der Waals surface area contributed by atoms with E-state index in [4.69, 9.17) is 0 Å². The second-order valence-electron chi connectivity index (χ2n) is 2.55. The van der Waals surface area contributed by atoms with Crippen molar-refractivity contribution in [3.05, 3.63) is 46.0 Å². The van der Waals surface area contributed by atoms with Crippen molar-refractivity contribution in [1.82, 2.24) is 0 Å². The number of nitro groups is 1. The molecule has 0 fully saturated rings. The molecule has 0 unspecified atom stereocenters. The minimum absolute atomic E-state index is 0.206. The molecule has 4 nitrogen and oxygen atoms in total. The predicted octanol–water partition coefficient (Wildman–Crippen LogP) is 2.30. The molecule has 0 heterocycles. The monoisotopic (exact) mass is 197 g/mol. The van der Waals surface area contributed by atoms with Gasteiger partial charge in [0.25, 0.3) is 0 Å². The lowest BCUT2D eigenvalue weighted by Crippen LogP contribution is -2.07. The molecule has 68 valence electrons. The van der Waals surface area contributed by atoms with E-state index in [-0.39, 0.29) is 15.0 Å². The minimum atomic E-state index is -0.531. The molecule has 0 aliphatic carbocycles. The van der Waals surface area contributed by atoms with Crippen molar-refractivity contribution in [2.45, 2.75) is 5.66 Å². The van der Waals surface area contributed by atoms with Crippen molar-refractivity contribution in [3.8, 4) is 0 Å². The lowest BCUT2D eigenvalue weighted by molar-refractivity contribution is -0.479. The fourth-order valence-electron chi connectivity index (χ4n) is 1.02. The van der Waals surface area contributed by atoms with Crippen molar-refractivity contribution in [1.29, 1.82) is 0 Å². The molecule has 1 atom stereocenters. The van der Waals surface area contributed by atoms with Gasteiger partial charge in [0.1, 0.15) is 5.66 Å². The molecule has 0 amide bonds. The number of hydrogen-bond acceptors (Lipinski definition) is 3. The molecule has 0 N–H and O–H groups in total. The second-order valence-corrected chi connectivity index (χ2v) is 3.38. The number of rotatable bonds is 4. The normalized spacial score (nSPS) is 12.6. The van der Waals surface area contributed by atoms with Crippen LogP contribution in [0.3, 0.4) is 0 Å². The van der Waals surface area contributed by atoms with Crippen LogP contribution >= 0.6 is 8.46 Å². The van der Waals surface area contributed by atoms with Crippen LogP contribution in [0.2, 0.25) is 0 Å². The molecule has 1 rings (SSSR count). The summed E-state index contributed by atoms with van der Waals surface area (Å²) in [6.45, 7) is -0.297. The van der Waals surface area contributed by atoms with E-state index in [1.165, 1.54) is 0 Å². The highest BCUT2D eigenvalue weighted by Gasteiger charge is 2.17. The van der Waals surface area contributed by atoms with Crippen LogP contribution in [0.25, 0.3) is 0 Å². The molecule has 0 saturated heterocycles. The first-order valence-corrected chi connectivity index (χ1v) is 4.61. The number of hydrogen-bond donors (Lipinski definition) is 0. The lowest BCUT2D eigenvalue weighted by atomic mass is 10.1. The highest BCUT2D eigenvalue weighted by molar-refractivity contribution is 7.24. The van der Waals surface area contributed by atoms with E-state index in [1.54, 1.807) is 24.3 Å². The van der Waals surface area contributed by atoms with Gasteiger partial charge < -0.3 is 0 Å². The zero-order valence-corrected chi connectivity index (χ0v) is 7.68. The molecule has 0 aliphatic heterocycles. The zero-order valence-electron chi connectivity index (χ0n) is 6.79. The Morgan fingerprint density at radius 2 is 2.00 bits per heavy atom. The summed E-state index contributed by atoms with van der Waals surface area (Å²) < 4.78 is 10.6. The molecule has 13 heavy (non-hydrogen) atoms. The van der Waals surface area contributed by atoms with Gasteiger partial charge in [0.15, 0.2) is 8.46 Å². The van der Waals surface area contributed by atoms with Gasteiger partial charge in [-0.25, -0.2) is 0 Å². The molecule has 0 saturated carbocycles. The third-order valence-electron chi connectivity index (χ3n) is 1.63. The third-order valence-corrected chi connectivity index (χ3v) is 2.35. The Hall–Kier alpha value is -1.28. The largest absolute Gasteiger partial charge is 0.274 e. The van der Waals surface area contributed by atoms with Crippen LogP contribution < -0.4 is 0 Å². The van der Waals surface area contributed by atoms with Crippen molar-refractivity contribution >= 4 is 8.46 Å². The van der Waals surface area contributed by atoms with Crippen LogP contribution in [-0.4, -0.2) is 11.5 Å². The Kier molecular flexibility index (Phi) is 3.53. The molecule has 1 aromatic carbocycles. The molecule has 0 aliphatic rings. The van der Waals surface area contributed by atoms with Crippen LogP contribution in [-0.2, 0) is 4.57 Å². The Morgan fingerprint density at radius 3 is 2.46 bits per heavy atom.